The van der Waals surface area contributed by atoms with Crippen LogP contribution in [0.3, 0.4) is 0 Å². The van der Waals surface area contributed by atoms with Gasteiger partial charge in [-0.2, -0.15) is 4.31 Å². The number of carbonyl (C=O) groups is 1. The van der Waals surface area contributed by atoms with Gasteiger partial charge >= 0.3 is 0 Å². The fourth-order valence-electron chi connectivity index (χ4n) is 3.17. The molecule has 1 aromatic heterocycles. The maximum Gasteiger partial charge on any atom is 0.258 e. The van der Waals surface area contributed by atoms with E-state index in [1.165, 1.54) is 4.31 Å². The summed E-state index contributed by atoms with van der Waals surface area (Å²) in [6, 6.07) is 12.1. The molecule has 0 saturated carbocycles. The summed E-state index contributed by atoms with van der Waals surface area (Å²) in [4.78, 5) is 16.8. The summed E-state index contributed by atoms with van der Waals surface area (Å²) >= 11 is 0. The van der Waals surface area contributed by atoms with E-state index in [0.29, 0.717) is 24.4 Å². The first kappa shape index (κ1) is 19.4. The summed E-state index contributed by atoms with van der Waals surface area (Å²) in [6.07, 6.45) is 1.59. The Kier molecular flexibility index (Phi) is 5.27. The van der Waals surface area contributed by atoms with Gasteiger partial charge in [-0.25, -0.2) is 12.8 Å². The van der Waals surface area contributed by atoms with Crippen molar-refractivity contribution in [1.29, 1.82) is 0 Å². The highest BCUT2D eigenvalue weighted by molar-refractivity contribution is 7.89. The maximum absolute atomic E-state index is 14.4. The molecule has 1 N–H and O–H groups in total. The van der Waals surface area contributed by atoms with Gasteiger partial charge in [-0.05, 0) is 30.3 Å². The number of fused-ring (bicyclic) bond motifs is 1. The monoisotopic (exact) mass is 415 g/mol. The molecule has 4 rings (SSSR count). The molecule has 1 amide bonds. The van der Waals surface area contributed by atoms with Crippen molar-refractivity contribution < 1.29 is 22.3 Å². The number of morpholine rings is 1. The van der Waals surface area contributed by atoms with Gasteiger partial charge in [0, 0.05) is 24.7 Å². The first-order valence-corrected chi connectivity index (χ1v) is 10.4. The van der Waals surface area contributed by atoms with Crippen molar-refractivity contribution in [2.75, 3.05) is 31.6 Å². The molecular formula is C20H18FN3O4S. The van der Waals surface area contributed by atoms with E-state index in [4.69, 9.17) is 4.74 Å². The van der Waals surface area contributed by atoms with Crippen LogP contribution in [0.25, 0.3) is 10.9 Å². The normalized spacial score (nSPS) is 15.3. The smallest absolute Gasteiger partial charge is 0.258 e. The Morgan fingerprint density at radius 2 is 1.86 bits per heavy atom. The number of hydrogen-bond donors (Lipinski definition) is 1. The Hall–Kier alpha value is -2.88. The van der Waals surface area contributed by atoms with Crippen molar-refractivity contribution in [3.8, 4) is 0 Å². The Bertz CT molecular complexity index is 1170. The molecule has 7 nitrogen and oxygen atoms in total. The lowest BCUT2D eigenvalue weighted by Crippen LogP contribution is -2.40. The Labute approximate surface area is 167 Å². The molecule has 0 aliphatic carbocycles. The van der Waals surface area contributed by atoms with E-state index in [9.17, 15) is 17.6 Å². The van der Waals surface area contributed by atoms with Crippen LogP contribution in [0.15, 0.2) is 59.6 Å². The minimum absolute atomic E-state index is 0.137. The van der Waals surface area contributed by atoms with Crippen LogP contribution < -0.4 is 5.32 Å². The second kappa shape index (κ2) is 7.86. The number of hydrogen-bond acceptors (Lipinski definition) is 5. The standard InChI is InChI=1S/C20H18FN3O4S/c21-17-7-6-15(29(26,27)24-9-11-28-12-10-24)13-16(17)20(25)23-18-5-1-3-14-4-2-8-22-19(14)18/h1-8,13H,9-12H2,(H,23,25). The number of halogens is 1. The highest BCUT2D eigenvalue weighted by atomic mass is 32.2. The average Bonchev–Trinajstić information content (AvgIpc) is 2.75. The first-order valence-electron chi connectivity index (χ1n) is 8.99. The number of carbonyl (C=O) groups excluding carboxylic acids is 1. The van der Waals surface area contributed by atoms with Crippen LogP contribution >= 0.6 is 0 Å². The van der Waals surface area contributed by atoms with Gasteiger partial charge in [0.1, 0.15) is 5.82 Å². The number of ether oxygens (including phenoxy) is 1. The summed E-state index contributed by atoms with van der Waals surface area (Å²) in [5, 5.41) is 3.44. The van der Waals surface area contributed by atoms with Gasteiger partial charge in [0.05, 0.1) is 34.9 Å². The number of rotatable bonds is 4. The predicted molar refractivity (Wildman–Crippen MR) is 106 cm³/mol. The molecule has 150 valence electrons. The third-order valence-electron chi connectivity index (χ3n) is 4.67. The third-order valence-corrected chi connectivity index (χ3v) is 6.57. The molecule has 29 heavy (non-hydrogen) atoms. The van der Waals surface area contributed by atoms with Crippen LogP contribution in [-0.4, -0.2) is 49.9 Å². The predicted octanol–water partition coefficient (Wildman–Crippen LogP) is 2.65. The second-order valence-corrected chi connectivity index (χ2v) is 8.43. The number of benzene rings is 2. The van der Waals surface area contributed by atoms with Gasteiger partial charge < -0.3 is 10.1 Å². The van der Waals surface area contributed by atoms with E-state index in [-0.39, 0.29) is 23.5 Å². The molecule has 9 heteroatoms. The van der Waals surface area contributed by atoms with E-state index >= 15 is 0 Å². The number of pyridine rings is 1. The van der Waals surface area contributed by atoms with E-state index in [0.717, 1.165) is 23.6 Å². The maximum atomic E-state index is 14.4. The molecule has 0 atom stereocenters. The molecule has 1 fully saturated rings. The molecule has 1 saturated heterocycles. The number of para-hydroxylation sites is 1. The lowest BCUT2D eigenvalue weighted by molar-refractivity contribution is 0.0730. The average molecular weight is 415 g/mol. The number of anilines is 1. The van der Waals surface area contributed by atoms with Gasteiger partial charge in [0.15, 0.2) is 0 Å². The topological polar surface area (TPSA) is 88.6 Å². The Morgan fingerprint density at radius 1 is 1.10 bits per heavy atom. The number of nitrogens with one attached hydrogen (secondary N) is 1. The number of amides is 1. The van der Waals surface area contributed by atoms with Crippen molar-refractivity contribution in [1.82, 2.24) is 9.29 Å². The Balaban J connectivity index is 1.66. The van der Waals surface area contributed by atoms with Crippen molar-refractivity contribution >= 4 is 32.5 Å². The molecule has 0 bridgehead atoms. The highest BCUT2D eigenvalue weighted by Gasteiger charge is 2.28. The molecule has 1 aliphatic heterocycles. The molecule has 0 unspecified atom stereocenters. The van der Waals surface area contributed by atoms with Gasteiger partial charge in [0.2, 0.25) is 10.0 Å². The molecule has 1 aliphatic rings. The number of nitrogens with zero attached hydrogens (tertiary/aromatic N) is 2. The van der Waals surface area contributed by atoms with Crippen molar-refractivity contribution in [3.05, 3.63) is 66.1 Å². The fraction of sp³-hybridized carbons (Fsp3) is 0.200. The van der Waals surface area contributed by atoms with Gasteiger partial charge in [-0.1, -0.05) is 18.2 Å². The van der Waals surface area contributed by atoms with Crippen LogP contribution in [0.4, 0.5) is 10.1 Å². The largest absolute Gasteiger partial charge is 0.379 e. The zero-order chi connectivity index (χ0) is 20.4. The van der Waals surface area contributed by atoms with Gasteiger partial charge in [-0.3, -0.25) is 9.78 Å². The van der Waals surface area contributed by atoms with Crippen molar-refractivity contribution in [2.24, 2.45) is 0 Å². The van der Waals surface area contributed by atoms with E-state index in [1.54, 1.807) is 24.4 Å². The first-order chi connectivity index (χ1) is 14.0. The second-order valence-electron chi connectivity index (χ2n) is 6.49. The summed E-state index contributed by atoms with van der Waals surface area (Å²) in [5.41, 5.74) is 0.613. The zero-order valence-corrected chi connectivity index (χ0v) is 16.2. The molecular weight excluding hydrogens is 397 g/mol. The molecule has 0 radical (unpaired) electrons. The van der Waals surface area contributed by atoms with Crippen molar-refractivity contribution in [3.63, 3.8) is 0 Å². The Morgan fingerprint density at radius 3 is 2.66 bits per heavy atom. The molecule has 2 aromatic carbocycles. The molecule has 0 spiro atoms. The highest BCUT2D eigenvalue weighted by Crippen LogP contribution is 2.24. The summed E-state index contributed by atoms with van der Waals surface area (Å²) < 4.78 is 46.4. The quantitative estimate of drug-likeness (QED) is 0.708. The van der Waals surface area contributed by atoms with E-state index in [1.807, 2.05) is 12.1 Å². The summed E-state index contributed by atoms with van der Waals surface area (Å²) in [7, 11) is -3.85. The summed E-state index contributed by atoms with van der Waals surface area (Å²) in [6.45, 7) is 1.01. The lowest BCUT2D eigenvalue weighted by atomic mass is 10.1. The van der Waals surface area contributed by atoms with Gasteiger partial charge in [0.25, 0.3) is 5.91 Å². The van der Waals surface area contributed by atoms with E-state index < -0.39 is 21.7 Å². The van der Waals surface area contributed by atoms with Crippen LogP contribution in [0.2, 0.25) is 0 Å². The fourth-order valence-corrected chi connectivity index (χ4v) is 4.60. The van der Waals surface area contributed by atoms with Gasteiger partial charge in [-0.15, -0.1) is 0 Å². The third kappa shape index (κ3) is 3.84. The summed E-state index contributed by atoms with van der Waals surface area (Å²) in [5.74, 6) is -1.56. The van der Waals surface area contributed by atoms with E-state index in [2.05, 4.69) is 10.3 Å². The minimum atomic E-state index is -3.85. The van der Waals surface area contributed by atoms with Crippen LogP contribution in [-0.2, 0) is 14.8 Å². The SMILES string of the molecule is O=C(Nc1cccc2cccnc12)c1cc(S(=O)(=O)N2CCOCC2)ccc1F. The minimum Gasteiger partial charge on any atom is -0.379 e. The number of sulfonamides is 1. The van der Waals surface area contributed by atoms with Crippen LogP contribution in [0.5, 0.6) is 0 Å². The van der Waals surface area contributed by atoms with Crippen LogP contribution in [0, 0.1) is 5.82 Å². The number of aromatic nitrogens is 1. The van der Waals surface area contributed by atoms with Crippen molar-refractivity contribution in [2.45, 2.75) is 4.90 Å². The zero-order valence-electron chi connectivity index (χ0n) is 15.3. The molecule has 2 heterocycles. The van der Waals surface area contributed by atoms with Crippen LogP contribution in [0.1, 0.15) is 10.4 Å². The molecule has 3 aromatic rings. The lowest BCUT2D eigenvalue weighted by Gasteiger charge is -2.26.